The zero-order chi connectivity index (χ0) is 16.3. The first-order valence-electron chi connectivity index (χ1n) is 7.19. The molecule has 3 rings (SSSR count). The molecule has 3 aromatic rings. The first-order valence-corrected chi connectivity index (χ1v) is 8.67. The minimum Gasteiger partial charge on any atom is -0.494 e. The van der Waals surface area contributed by atoms with Crippen LogP contribution in [0.25, 0.3) is 10.8 Å². The van der Waals surface area contributed by atoms with Gasteiger partial charge >= 0.3 is 0 Å². The number of nitrogens with one attached hydrogen (secondary N) is 1. The lowest BCUT2D eigenvalue weighted by atomic mass is 10.1. The van der Waals surface area contributed by atoms with Crippen LogP contribution in [0.1, 0.15) is 6.92 Å². The van der Waals surface area contributed by atoms with Crippen molar-refractivity contribution in [1.82, 2.24) is 4.98 Å². The second kappa shape index (κ2) is 6.26. The van der Waals surface area contributed by atoms with E-state index >= 15 is 0 Å². The van der Waals surface area contributed by atoms with Crippen LogP contribution < -0.4 is 9.46 Å². The average molecular weight is 328 g/mol. The van der Waals surface area contributed by atoms with E-state index in [1.165, 1.54) is 6.20 Å². The van der Waals surface area contributed by atoms with Gasteiger partial charge in [-0.3, -0.25) is 4.72 Å². The zero-order valence-corrected chi connectivity index (χ0v) is 13.4. The van der Waals surface area contributed by atoms with Crippen LogP contribution in [0.5, 0.6) is 5.75 Å². The van der Waals surface area contributed by atoms with E-state index in [2.05, 4.69) is 9.71 Å². The highest BCUT2D eigenvalue weighted by atomic mass is 32.2. The minimum absolute atomic E-state index is 0.194. The van der Waals surface area contributed by atoms with E-state index in [9.17, 15) is 8.42 Å². The number of aromatic nitrogens is 1. The Bertz CT molecular complexity index is 925. The van der Waals surface area contributed by atoms with Gasteiger partial charge in [0.2, 0.25) is 0 Å². The summed E-state index contributed by atoms with van der Waals surface area (Å²) in [5.74, 6) is 1.06. The van der Waals surface area contributed by atoms with Crippen LogP contribution >= 0.6 is 0 Å². The summed E-state index contributed by atoms with van der Waals surface area (Å²) >= 11 is 0. The number of rotatable bonds is 5. The highest BCUT2D eigenvalue weighted by molar-refractivity contribution is 7.92. The zero-order valence-electron chi connectivity index (χ0n) is 12.6. The quantitative estimate of drug-likeness (QED) is 0.779. The fraction of sp³-hybridized carbons (Fsp3) is 0.118. The lowest BCUT2D eigenvalue weighted by Crippen LogP contribution is -2.13. The minimum atomic E-state index is -3.67. The van der Waals surface area contributed by atoms with Crippen LogP contribution in [-0.4, -0.2) is 20.0 Å². The summed E-state index contributed by atoms with van der Waals surface area (Å²) in [6.07, 6.45) is 1.54. The molecule has 0 saturated heterocycles. The van der Waals surface area contributed by atoms with Crippen molar-refractivity contribution < 1.29 is 13.2 Å². The van der Waals surface area contributed by atoms with Crippen molar-refractivity contribution >= 4 is 26.6 Å². The number of anilines is 1. The Morgan fingerprint density at radius 1 is 1.04 bits per heavy atom. The Kier molecular flexibility index (Phi) is 4.16. The molecule has 0 unspecified atom stereocenters. The van der Waals surface area contributed by atoms with E-state index in [1.807, 2.05) is 25.1 Å². The Morgan fingerprint density at radius 3 is 2.57 bits per heavy atom. The maximum atomic E-state index is 12.4. The summed E-state index contributed by atoms with van der Waals surface area (Å²) in [5, 5.41) is 1.75. The van der Waals surface area contributed by atoms with Gasteiger partial charge in [0.1, 0.15) is 11.6 Å². The molecule has 1 aromatic heterocycles. The number of ether oxygens (including phenoxy) is 1. The van der Waals surface area contributed by atoms with E-state index in [4.69, 9.17) is 4.74 Å². The number of hydrogen-bond donors (Lipinski definition) is 1. The number of fused-ring (bicyclic) bond motifs is 1. The molecule has 1 N–H and O–H groups in total. The third-order valence-corrected chi connectivity index (χ3v) is 4.66. The van der Waals surface area contributed by atoms with Crippen LogP contribution in [0, 0.1) is 0 Å². The number of sulfonamides is 1. The molecule has 0 spiro atoms. The van der Waals surface area contributed by atoms with Gasteiger partial charge in [-0.25, -0.2) is 13.4 Å². The molecule has 0 bridgehead atoms. The Morgan fingerprint density at radius 2 is 1.83 bits per heavy atom. The predicted octanol–water partition coefficient (Wildman–Crippen LogP) is 3.43. The highest BCUT2D eigenvalue weighted by Crippen LogP contribution is 2.24. The van der Waals surface area contributed by atoms with Gasteiger partial charge in [-0.2, -0.15) is 0 Å². The van der Waals surface area contributed by atoms with Crippen molar-refractivity contribution in [2.45, 2.75) is 11.8 Å². The molecule has 5 nitrogen and oxygen atoms in total. The largest absolute Gasteiger partial charge is 0.494 e. The van der Waals surface area contributed by atoms with Crippen molar-refractivity contribution in [1.29, 1.82) is 0 Å². The number of hydrogen-bond acceptors (Lipinski definition) is 4. The molecule has 118 valence electrons. The summed E-state index contributed by atoms with van der Waals surface area (Å²) in [5.41, 5.74) is 0. The summed E-state index contributed by atoms with van der Waals surface area (Å²) in [6, 6.07) is 15.6. The van der Waals surface area contributed by atoms with Gasteiger partial charge in [-0.1, -0.05) is 18.2 Å². The standard InChI is InChI=1S/C17H16N2O3S/c1-2-22-15-8-6-14-12-16(9-7-13(14)11-15)23(20,21)19-17-5-3-4-10-18-17/h3-12H,2H2,1H3,(H,18,19). The van der Waals surface area contributed by atoms with E-state index in [-0.39, 0.29) is 4.90 Å². The molecule has 0 atom stereocenters. The second-order valence-corrected chi connectivity index (χ2v) is 6.61. The van der Waals surface area contributed by atoms with Gasteiger partial charge in [0.05, 0.1) is 11.5 Å². The molecular weight excluding hydrogens is 312 g/mol. The smallest absolute Gasteiger partial charge is 0.263 e. The number of pyridine rings is 1. The molecule has 23 heavy (non-hydrogen) atoms. The number of benzene rings is 2. The molecule has 6 heteroatoms. The SMILES string of the molecule is CCOc1ccc2cc(S(=O)(=O)Nc3ccccn3)ccc2c1. The molecule has 0 aliphatic carbocycles. The van der Waals surface area contributed by atoms with Crippen molar-refractivity contribution in [3.05, 3.63) is 60.8 Å². The summed E-state index contributed by atoms with van der Waals surface area (Å²) < 4.78 is 32.8. The maximum Gasteiger partial charge on any atom is 0.263 e. The first-order chi connectivity index (χ1) is 11.1. The van der Waals surface area contributed by atoms with E-state index < -0.39 is 10.0 Å². The van der Waals surface area contributed by atoms with Gasteiger partial charge in [0, 0.05) is 6.20 Å². The third-order valence-electron chi connectivity index (χ3n) is 3.31. The van der Waals surface area contributed by atoms with Crippen LogP contribution in [0.2, 0.25) is 0 Å². The second-order valence-electron chi connectivity index (χ2n) is 4.92. The van der Waals surface area contributed by atoms with Gasteiger partial charge in [0.25, 0.3) is 10.0 Å². The van der Waals surface area contributed by atoms with Crippen LogP contribution in [0.4, 0.5) is 5.82 Å². The third kappa shape index (κ3) is 3.43. The Hall–Kier alpha value is -2.60. The Balaban J connectivity index is 1.94. The fourth-order valence-electron chi connectivity index (χ4n) is 2.25. The Labute approximate surface area is 135 Å². The number of nitrogens with zero attached hydrogens (tertiary/aromatic N) is 1. The van der Waals surface area contributed by atoms with E-state index in [1.54, 1.807) is 36.4 Å². The van der Waals surface area contributed by atoms with Crippen LogP contribution in [-0.2, 0) is 10.0 Å². The average Bonchev–Trinajstić information content (AvgIpc) is 2.55. The predicted molar refractivity (Wildman–Crippen MR) is 90.2 cm³/mol. The molecular formula is C17H16N2O3S. The van der Waals surface area contributed by atoms with Crippen molar-refractivity contribution in [2.24, 2.45) is 0 Å². The van der Waals surface area contributed by atoms with Gasteiger partial charge in [0.15, 0.2) is 0 Å². The topological polar surface area (TPSA) is 68.3 Å². The normalized spacial score (nSPS) is 11.3. The molecule has 2 aromatic carbocycles. The molecule has 1 heterocycles. The summed E-state index contributed by atoms with van der Waals surface area (Å²) in [4.78, 5) is 4.17. The van der Waals surface area contributed by atoms with Gasteiger partial charge < -0.3 is 4.74 Å². The van der Waals surface area contributed by atoms with Crippen LogP contribution in [0.15, 0.2) is 65.7 Å². The molecule has 0 fully saturated rings. The van der Waals surface area contributed by atoms with Gasteiger partial charge in [-0.15, -0.1) is 0 Å². The molecule has 0 aliphatic rings. The maximum absolute atomic E-state index is 12.4. The molecule has 0 aliphatic heterocycles. The molecule has 0 saturated carbocycles. The van der Waals surface area contributed by atoms with Crippen LogP contribution in [0.3, 0.4) is 0 Å². The summed E-state index contributed by atoms with van der Waals surface area (Å²) in [6.45, 7) is 2.51. The highest BCUT2D eigenvalue weighted by Gasteiger charge is 2.15. The lowest BCUT2D eigenvalue weighted by molar-refractivity contribution is 0.341. The molecule has 0 amide bonds. The monoisotopic (exact) mass is 328 g/mol. The van der Waals surface area contributed by atoms with Crippen molar-refractivity contribution in [3.8, 4) is 5.75 Å². The summed E-state index contributed by atoms with van der Waals surface area (Å²) in [7, 11) is -3.67. The van der Waals surface area contributed by atoms with Crippen molar-refractivity contribution in [3.63, 3.8) is 0 Å². The lowest BCUT2D eigenvalue weighted by Gasteiger charge is -2.09. The fourth-order valence-corrected chi connectivity index (χ4v) is 3.29. The molecule has 0 radical (unpaired) electrons. The van der Waals surface area contributed by atoms with E-state index in [0.29, 0.717) is 12.4 Å². The first kappa shape index (κ1) is 15.3. The van der Waals surface area contributed by atoms with Crippen molar-refractivity contribution in [2.75, 3.05) is 11.3 Å². The van der Waals surface area contributed by atoms with E-state index in [0.717, 1.165) is 16.5 Å². The van der Waals surface area contributed by atoms with Gasteiger partial charge in [-0.05, 0) is 54.1 Å².